The molecule has 0 N–H and O–H groups in total. The van der Waals surface area contributed by atoms with Crippen LogP contribution < -0.4 is 10.2 Å². The summed E-state index contributed by atoms with van der Waals surface area (Å²) in [5.74, 6) is -2.33. The largest absolute Gasteiger partial charge is 0.545 e. The summed E-state index contributed by atoms with van der Waals surface area (Å²) in [6, 6.07) is 0. The number of carboxylic acid groups (broad SMARTS) is 2. The Kier molecular flexibility index (Phi) is 14.1. The molecule has 0 rings (SSSR count). The molecule has 4 nitrogen and oxygen atoms in total. The molecule has 0 aromatic rings. The fourth-order valence-electron chi connectivity index (χ4n) is 1.22. The summed E-state index contributed by atoms with van der Waals surface area (Å²) in [4.78, 5) is 19.4. The molecule has 0 saturated heterocycles. The van der Waals surface area contributed by atoms with Crippen molar-refractivity contribution in [2.75, 3.05) is 0 Å². The minimum atomic E-state index is -1.23. The summed E-state index contributed by atoms with van der Waals surface area (Å²) >= 11 is 0. The van der Waals surface area contributed by atoms with Crippen molar-refractivity contribution < 1.29 is 19.8 Å². The number of hydrogen-bond donors (Lipinski definition) is 0. The Bertz CT molecular complexity index is 269. The van der Waals surface area contributed by atoms with Gasteiger partial charge in [-0.05, 0) is 24.5 Å². The second-order valence-electron chi connectivity index (χ2n) is 3.93. The Morgan fingerprint density at radius 3 is 1.89 bits per heavy atom. The molecular formula is C14H22O4-2. The quantitative estimate of drug-likeness (QED) is 0.453. The Balaban J connectivity index is 0. The predicted molar refractivity (Wildman–Crippen MR) is 67.3 cm³/mol. The van der Waals surface area contributed by atoms with Gasteiger partial charge in [-0.2, -0.15) is 0 Å². The van der Waals surface area contributed by atoms with Gasteiger partial charge in [-0.15, -0.1) is 0 Å². The molecule has 0 bridgehead atoms. The number of carbonyl (C=O) groups excluding carboxylic acids is 2. The van der Waals surface area contributed by atoms with E-state index >= 15 is 0 Å². The first-order chi connectivity index (χ1) is 8.45. The zero-order chi connectivity index (χ0) is 14.4. The molecule has 18 heavy (non-hydrogen) atoms. The van der Waals surface area contributed by atoms with E-state index in [1.165, 1.54) is 25.7 Å². The van der Waals surface area contributed by atoms with Gasteiger partial charge in [0.2, 0.25) is 0 Å². The van der Waals surface area contributed by atoms with Crippen molar-refractivity contribution in [2.24, 2.45) is 0 Å². The fourth-order valence-corrected chi connectivity index (χ4v) is 1.22. The third kappa shape index (κ3) is 16.8. The van der Waals surface area contributed by atoms with E-state index in [1.807, 2.05) is 0 Å². The summed E-state index contributed by atoms with van der Waals surface area (Å²) in [5, 5.41) is 19.4. The number of hydrogen-bond acceptors (Lipinski definition) is 4. The average Bonchev–Trinajstić information content (AvgIpc) is 2.33. The summed E-state index contributed by atoms with van der Waals surface area (Å²) in [6.45, 7) is 8.50. The van der Waals surface area contributed by atoms with E-state index < -0.39 is 11.9 Å². The van der Waals surface area contributed by atoms with Crippen LogP contribution in [0.1, 0.15) is 51.9 Å². The molecule has 4 heteroatoms. The van der Waals surface area contributed by atoms with Crippen LogP contribution in [0.2, 0.25) is 0 Å². The van der Waals surface area contributed by atoms with Gasteiger partial charge in [0, 0.05) is 0 Å². The Morgan fingerprint density at radius 1 is 1.06 bits per heavy atom. The van der Waals surface area contributed by atoms with E-state index in [2.05, 4.69) is 20.1 Å². The molecule has 0 saturated carbocycles. The third-order valence-electron chi connectivity index (χ3n) is 2.29. The van der Waals surface area contributed by atoms with Gasteiger partial charge >= 0.3 is 0 Å². The van der Waals surface area contributed by atoms with E-state index in [-0.39, 0.29) is 5.57 Å². The SMILES string of the molecule is C=C(CCCCCCCC)C(=O)[O-].C=CC(=O)[O-]. The normalized spacial score (nSPS) is 8.94. The first kappa shape index (κ1) is 18.8. The van der Waals surface area contributed by atoms with Crippen molar-refractivity contribution in [3.05, 3.63) is 24.8 Å². The molecule has 104 valence electrons. The summed E-state index contributed by atoms with van der Waals surface area (Å²) in [5.41, 5.74) is 0.232. The number of rotatable bonds is 9. The molecule has 0 unspecified atom stereocenters. The van der Waals surface area contributed by atoms with Gasteiger partial charge in [0.1, 0.15) is 0 Å². The van der Waals surface area contributed by atoms with Crippen LogP contribution in [0.15, 0.2) is 24.8 Å². The summed E-state index contributed by atoms with van der Waals surface area (Å²) in [6.07, 6.45) is 8.31. The molecule has 0 spiro atoms. The highest BCUT2D eigenvalue weighted by molar-refractivity contribution is 5.83. The van der Waals surface area contributed by atoms with Crippen molar-refractivity contribution >= 4 is 11.9 Å². The van der Waals surface area contributed by atoms with Crippen molar-refractivity contribution in [1.29, 1.82) is 0 Å². The van der Waals surface area contributed by atoms with Crippen LogP contribution in [0.5, 0.6) is 0 Å². The van der Waals surface area contributed by atoms with E-state index in [4.69, 9.17) is 9.90 Å². The topological polar surface area (TPSA) is 80.3 Å². The molecular weight excluding hydrogens is 232 g/mol. The molecule has 0 heterocycles. The highest BCUT2D eigenvalue weighted by Gasteiger charge is 1.95. The number of carboxylic acids is 2. The Labute approximate surface area is 109 Å². The molecule has 0 fully saturated rings. The maximum absolute atomic E-state index is 10.3. The molecule has 0 aliphatic rings. The lowest BCUT2D eigenvalue weighted by Gasteiger charge is -2.05. The average molecular weight is 254 g/mol. The van der Waals surface area contributed by atoms with Crippen LogP contribution in [0.4, 0.5) is 0 Å². The van der Waals surface area contributed by atoms with Gasteiger partial charge in [0.15, 0.2) is 0 Å². The monoisotopic (exact) mass is 254 g/mol. The number of carbonyl (C=O) groups is 2. The van der Waals surface area contributed by atoms with E-state index in [1.54, 1.807) is 0 Å². The lowest BCUT2D eigenvalue weighted by atomic mass is 10.1. The molecule has 0 atom stereocenters. The standard InChI is InChI=1S/C11H20O2.C3H4O2/c1-3-4-5-6-7-8-9-10(2)11(12)13;1-2-3(4)5/h2-9H2,1H3,(H,12,13);2H,1H2,(H,4,5)/p-2. The van der Waals surface area contributed by atoms with Gasteiger partial charge in [-0.3, -0.25) is 0 Å². The highest BCUT2D eigenvalue weighted by atomic mass is 16.4. The van der Waals surface area contributed by atoms with Crippen molar-refractivity contribution in [3.8, 4) is 0 Å². The Morgan fingerprint density at radius 2 is 1.50 bits per heavy atom. The van der Waals surface area contributed by atoms with Crippen LogP contribution in [-0.2, 0) is 9.59 Å². The lowest BCUT2D eigenvalue weighted by molar-refractivity contribution is -0.300. The van der Waals surface area contributed by atoms with Gasteiger partial charge in [-0.1, -0.05) is 52.2 Å². The molecule has 0 radical (unpaired) electrons. The zero-order valence-electron chi connectivity index (χ0n) is 11.1. The highest BCUT2D eigenvalue weighted by Crippen LogP contribution is 2.09. The first-order valence-corrected chi connectivity index (χ1v) is 6.18. The minimum absolute atomic E-state index is 0.232. The summed E-state index contributed by atoms with van der Waals surface area (Å²) < 4.78 is 0. The van der Waals surface area contributed by atoms with Crippen molar-refractivity contribution in [1.82, 2.24) is 0 Å². The van der Waals surface area contributed by atoms with Crippen LogP contribution in [0.25, 0.3) is 0 Å². The Hall–Kier alpha value is -1.58. The second kappa shape index (κ2) is 13.5. The third-order valence-corrected chi connectivity index (χ3v) is 2.29. The first-order valence-electron chi connectivity index (χ1n) is 6.18. The molecule has 0 aliphatic carbocycles. The maximum Gasteiger partial charge on any atom is 0.0668 e. The molecule has 0 aromatic heterocycles. The van der Waals surface area contributed by atoms with Crippen LogP contribution in [-0.4, -0.2) is 11.9 Å². The van der Waals surface area contributed by atoms with Gasteiger partial charge < -0.3 is 19.8 Å². The van der Waals surface area contributed by atoms with Crippen LogP contribution >= 0.6 is 0 Å². The van der Waals surface area contributed by atoms with E-state index in [9.17, 15) is 9.90 Å². The molecule has 0 aliphatic heterocycles. The van der Waals surface area contributed by atoms with Crippen molar-refractivity contribution in [2.45, 2.75) is 51.9 Å². The van der Waals surface area contributed by atoms with Gasteiger partial charge in [0.05, 0.1) is 11.9 Å². The van der Waals surface area contributed by atoms with Gasteiger partial charge in [-0.25, -0.2) is 0 Å². The smallest absolute Gasteiger partial charge is 0.0668 e. The van der Waals surface area contributed by atoms with Crippen molar-refractivity contribution in [3.63, 3.8) is 0 Å². The maximum atomic E-state index is 10.3. The van der Waals surface area contributed by atoms with Crippen LogP contribution in [0.3, 0.4) is 0 Å². The van der Waals surface area contributed by atoms with E-state index in [0.717, 1.165) is 18.9 Å². The second-order valence-corrected chi connectivity index (χ2v) is 3.93. The van der Waals surface area contributed by atoms with Gasteiger partial charge in [0.25, 0.3) is 0 Å². The molecule has 0 aromatic carbocycles. The fraction of sp³-hybridized carbons (Fsp3) is 0.571. The predicted octanol–water partition coefficient (Wildman–Crippen LogP) is 0.965. The lowest BCUT2D eigenvalue weighted by Crippen LogP contribution is -2.23. The molecule has 0 amide bonds. The van der Waals surface area contributed by atoms with Crippen LogP contribution in [0, 0.1) is 0 Å². The zero-order valence-corrected chi connectivity index (χ0v) is 11.1. The summed E-state index contributed by atoms with van der Waals surface area (Å²) in [7, 11) is 0. The number of unbranched alkanes of at least 4 members (excludes halogenated alkanes) is 5. The van der Waals surface area contributed by atoms with E-state index in [0.29, 0.717) is 6.42 Å². The number of aliphatic carboxylic acids is 2. The minimum Gasteiger partial charge on any atom is -0.545 e.